The van der Waals surface area contributed by atoms with Crippen LogP contribution < -0.4 is 5.32 Å². The number of ether oxygens (including phenoxy) is 1. The van der Waals surface area contributed by atoms with E-state index in [1.165, 1.54) is 0 Å². The van der Waals surface area contributed by atoms with Gasteiger partial charge in [-0.2, -0.15) is 13.2 Å². The van der Waals surface area contributed by atoms with Crippen LogP contribution in [0.1, 0.15) is 38.9 Å². The zero-order valence-corrected chi connectivity index (χ0v) is 21.4. The number of hydrogen-bond acceptors (Lipinski definition) is 9. The SMILES string of the molecule is COC[C@@H]1C[C@H]1c1sc(C(F)(F)F)nc1-c1nnc(N[C@H]2N=C(c3ccccc3)c3ccccc3CC2=O)o1. The fraction of sp³-hybridized carbons (Fsp3) is 0.296. The fourth-order valence-corrected chi connectivity index (χ4v) is 5.85. The molecule has 2 aromatic carbocycles. The summed E-state index contributed by atoms with van der Waals surface area (Å²) in [5.41, 5.74) is 3.14. The van der Waals surface area contributed by atoms with Crippen LogP contribution in [0, 0.1) is 5.92 Å². The van der Waals surface area contributed by atoms with E-state index in [9.17, 15) is 18.0 Å². The highest BCUT2D eigenvalue weighted by Crippen LogP contribution is 2.53. The third-order valence-electron chi connectivity index (χ3n) is 6.67. The molecule has 12 heteroatoms. The van der Waals surface area contributed by atoms with Gasteiger partial charge in [-0.3, -0.25) is 9.79 Å². The Bertz CT molecular complexity index is 1550. The van der Waals surface area contributed by atoms with E-state index in [1.54, 1.807) is 7.11 Å². The van der Waals surface area contributed by atoms with Crippen molar-refractivity contribution in [3.05, 3.63) is 81.2 Å². The van der Waals surface area contributed by atoms with Crippen molar-refractivity contribution < 1.29 is 27.1 Å². The molecule has 0 bridgehead atoms. The summed E-state index contributed by atoms with van der Waals surface area (Å²) >= 11 is 0.585. The van der Waals surface area contributed by atoms with Gasteiger partial charge in [-0.05, 0) is 17.9 Å². The van der Waals surface area contributed by atoms with Crippen LogP contribution in [0.4, 0.5) is 19.2 Å². The minimum Gasteiger partial charge on any atom is -0.402 e. The highest BCUT2D eigenvalue weighted by Gasteiger charge is 2.45. The summed E-state index contributed by atoms with van der Waals surface area (Å²) in [6.07, 6.45) is -4.83. The maximum atomic E-state index is 13.5. The summed E-state index contributed by atoms with van der Waals surface area (Å²) in [5.74, 6) is -0.398. The summed E-state index contributed by atoms with van der Waals surface area (Å²) in [7, 11) is 1.55. The third kappa shape index (κ3) is 5.09. The number of hydrogen-bond donors (Lipinski definition) is 1. The van der Waals surface area contributed by atoms with Crippen LogP contribution in [0.2, 0.25) is 0 Å². The van der Waals surface area contributed by atoms with Crippen LogP contribution in [0.25, 0.3) is 11.6 Å². The number of benzene rings is 2. The molecule has 200 valence electrons. The molecule has 3 heterocycles. The van der Waals surface area contributed by atoms with Gasteiger partial charge in [0.2, 0.25) is 0 Å². The molecule has 1 N–H and O–H groups in total. The van der Waals surface area contributed by atoms with E-state index in [1.807, 2.05) is 54.6 Å². The summed E-state index contributed by atoms with van der Waals surface area (Å²) in [6.45, 7) is 0.438. The second-order valence-corrected chi connectivity index (χ2v) is 10.4. The van der Waals surface area contributed by atoms with Crippen LogP contribution in [0.3, 0.4) is 0 Å². The molecule has 1 fully saturated rings. The second kappa shape index (κ2) is 10.0. The zero-order chi connectivity index (χ0) is 27.1. The summed E-state index contributed by atoms with van der Waals surface area (Å²) in [5, 5.41) is 9.82. The summed E-state index contributed by atoms with van der Waals surface area (Å²) < 4.78 is 51.4. The number of nitrogens with one attached hydrogen (secondary N) is 1. The minimum atomic E-state index is -4.60. The first-order chi connectivity index (χ1) is 18.8. The highest BCUT2D eigenvalue weighted by atomic mass is 32.1. The van der Waals surface area contributed by atoms with Gasteiger partial charge in [0.05, 0.1) is 5.71 Å². The lowest BCUT2D eigenvalue weighted by atomic mass is 9.96. The monoisotopic (exact) mass is 553 g/mol. The van der Waals surface area contributed by atoms with Gasteiger partial charge < -0.3 is 14.5 Å². The van der Waals surface area contributed by atoms with Gasteiger partial charge in [0.1, 0.15) is 5.69 Å². The number of ketones is 1. The number of fused-ring (bicyclic) bond motifs is 1. The van der Waals surface area contributed by atoms with E-state index in [2.05, 4.69) is 20.5 Å². The maximum absolute atomic E-state index is 13.5. The van der Waals surface area contributed by atoms with Crippen molar-refractivity contribution in [3.8, 4) is 11.6 Å². The average molecular weight is 554 g/mol. The van der Waals surface area contributed by atoms with Gasteiger partial charge >= 0.3 is 12.2 Å². The lowest BCUT2D eigenvalue weighted by Crippen LogP contribution is -2.29. The van der Waals surface area contributed by atoms with Crippen molar-refractivity contribution in [2.24, 2.45) is 10.9 Å². The Kier molecular flexibility index (Phi) is 6.51. The number of anilines is 1. The number of aliphatic imine (C=N–C) groups is 1. The first-order valence-corrected chi connectivity index (χ1v) is 13.0. The second-order valence-electron chi connectivity index (χ2n) is 9.39. The lowest BCUT2D eigenvalue weighted by Gasteiger charge is -2.11. The van der Waals surface area contributed by atoms with E-state index in [0.29, 0.717) is 35.0 Å². The van der Waals surface area contributed by atoms with E-state index >= 15 is 0 Å². The molecule has 0 spiro atoms. The molecule has 1 aliphatic carbocycles. The van der Waals surface area contributed by atoms with Gasteiger partial charge in [0.25, 0.3) is 5.89 Å². The standard InChI is InChI=1S/C27H22F3N5O3S/c1-37-13-16-11-18(16)22-21(32-25(39-22)27(28,29)30)24-34-35-26(38-24)33-23-19(36)12-15-9-5-6-10-17(15)20(31-23)14-7-3-2-4-8-14/h2-10,16,18,23H,11-13H2,1H3,(H,33,35)/t16-,18+,23+/m0/s1. The van der Waals surface area contributed by atoms with Crippen LogP contribution in [-0.2, 0) is 22.1 Å². The number of nitrogens with zero attached hydrogens (tertiary/aromatic N) is 4. The molecule has 0 amide bonds. The quantitative estimate of drug-likeness (QED) is 0.329. The van der Waals surface area contributed by atoms with E-state index in [0.717, 1.165) is 16.7 Å². The number of carbonyl (C=O) groups is 1. The Balaban J connectivity index is 1.32. The topological polar surface area (TPSA) is 103 Å². The molecule has 0 radical (unpaired) electrons. The van der Waals surface area contributed by atoms with Crippen LogP contribution in [0.15, 0.2) is 64.0 Å². The third-order valence-corrected chi connectivity index (χ3v) is 7.90. The molecule has 6 rings (SSSR count). The molecule has 8 nitrogen and oxygen atoms in total. The number of methoxy groups -OCH3 is 1. The van der Waals surface area contributed by atoms with Crippen LogP contribution in [-0.4, -0.2) is 46.6 Å². The highest BCUT2D eigenvalue weighted by molar-refractivity contribution is 7.12. The van der Waals surface area contributed by atoms with Crippen molar-refractivity contribution >= 4 is 28.8 Å². The molecule has 0 unspecified atom stereocenters. The van der Waals surface area contributed by atoms with E-state index in [-0.39, 0.29) is 41.6 Å². The van der Waals surface area contributed by atoms with E-state index < -0.39 is 17.3 Å². The first kappa shape index (κ1) is 25.4. The predicted molar refractivity (Wildman–Crippen MR) is 138 cm³/mol. The number of thiazole rings is 1. The Labute approximate surface area is 225 Å². The lowest BCUT2D eigenvalue weighted by molar-refractivity contribution is -0.137. The molecular formula is C27H22F3N5O3S. The number of Topliss-reactive ketones (excluding diaryl/α,β-unsaturated/α-hetero) is 1. The van der Waals surface area contributed by atoms with Gasteiger partial charge in [0.15, 0.2) is 17.0 Å². The van der Waals surface area contributed by atoms with Crippen molar-refractivity contribution in [1.29, 1.82) is 0 Å². The summed E-state index contributed by atoms with van der Waals surface area (Å²) in [4.78, 5) is 22.2. The Morgan fingerprint density at radius 1 is 1.10 bits per heavy atom. The molecule has 2 aromatic heterocycles. The van der Waals surface area contributed by atoms with Crippen molar-refractivity contribution in [2.45, 2.75) is 31.1 Å². The predicted octanol–water partition coefficient (Wildman–Crippen LogP) is 5.36. The van der Waals surface area contributed by atoms with Gasteiger partial charge in [-0.15, -0.1) is 16.4 Å². The largest absolute Gasteiger partial charge is 0.443 e. The number of aromatic nitrogens is 3. The fourth-order valence-electron chi connectivity index (χ4n) is 4.72. The van der Waals surface area contributed by atoms with Gasteiger partial charge in [0, 0.05) is 42.1 Å². The molecular weight excluding hydrogens is 531 g/mol. The number of alkyl halides is 3. The van der Waals surface area contributed by atoms with Crippen molar-refractivity contribution in [2.75, 3.05) is 19.0 Å². The maximum Gasteiger partial charge on any atom is 0.443 e. The Morgan fingerprint density at radius 3 is 2.64 bits per heavy atom. The molecule has 1 aliphatic heterocycles. The molecule has 3 atom stereocenters. The molecule has 0 saturated heterocycles. The molecule has 39 heavy (non-hydrogen) atoms. The van der Waals surface area contributed by atoms with Gasteiger partial charge in [-0.25, -0.2) is 4.98 Å². The number of carbonyl (C=O) groups excluding carboxylic acids is 1. The van der Waals surface area contributed by atoms with Gasteiger partial charge in [-0.1, -0.05) is 59.7 Å². The first-order valence-electron chi connectivity index (χ1n) is 12.2. The van der Waals surface area contributed by atoms with Crippen molar-refractivity contribution in [3.63, 3.8) is 0 Å². The molecule has 1 saturated carbocycles. The average Bonchev–Trinajstić information content (AvgIpc) is 3.33. The van der Waals surface area contributed by atoms with Crippen LogP contribution >= 0.6 is 11.3 Å². The minimum absolute atomic E-state index is 0.00421. The Hall–Kier alpha value is -3.90. The van der Waals surface area contributed by atoms with Crippen LogP contribution in [0.5, 0.6) is 0 Å². The Morgan fingerprint density at radius 2 is 1.87 bits per heavy atom. The zero-order valence-electron chi connectivity index (χ0n) is 20.6. The van der Waals surface area contributed by atoms with Crippen molar-refractivity contribution in [1.82, 2.24) is 15.2 Å². The number of rotatable bonds is 7. The van der Waals surface area contributed by atoms with E-state index in [4.69, 9.17) is 14.1 Å². The summed E-state index contributed by atoms with van der Waals surface area (Å²) in [6, 6.07) is 16.9. The number of halogens is 3. The molecule has 2 aliphatic rings. The molecule has 4 aromatic rings. The normalized spacial score (nSPS) is 20.8. The smallest absolute Gasteiger partial charge is 0.402 e.